The number of hydrogen-bond donors (Lipinski definition) is 0. The minimum absolute atomic E-state index is 0.612. The Morgan fingerprint density at radius 1 is 1.14 bits per heavy atom. The fourth-order valence-corrected chi connectivity index (χ4v) is 3.91. The maximum Gasteiger partial charge on any atom is 0.224 e. The van der Waals surface area contributed by atoms with Crippen molar-refractivity contribution in [3.8, 4) is 28.1 Å². The number of rotatable bonds is 5. The van der Waals surface area contributed by atoms with E-state index in [-0.39, 0.29) is 0 Å². The first-order valence-electron chi connectivity index (χ1n) is 9.67. The van der Waals surface area contributed by atoms with E-state index in [1.165, 1.54) is 11.1 Å². The van der Waals surface area contributed by atoms with Gasteiger partial charge in [-0.3, -0.25) is 9.58 Å². The summed E-state index contributed by atoms with van der Waals surface area (Å²) in [4.78, 5) is 11.3. The molecule has 0 spiro atoms. The standard InChI is InChI=1S/C21H23N5O2/c1-25-13-17(12-24-25)15-2-3-16-11-19-20(18(16)10-15)21(23-14-22-19)28-9-6-26-4-7-27-8-5-26/h2-3,10,12-14H,4-9,11H2,1H3. The van der Waals surface area contributed by atoms with Crippen molar-refractivity contribution in [1.82, 2.24) is 24.6 Å². The van der Waals surface area contributed by atoms with Gasteiger partial charge in [0, 0.05) is 44.9 Å². The number of ether oxygens (including phenoxy) is 2. The van der Waals surface area contributed by atoms with Crippen LogP contribution in [0, 0.1) is 0 Å². The first kappa shape index (κ1) is 17.3. The van der Waals surface area contributed by atoms with E-state index in [0.29, 0.717) is 12.5 Å². The van der Waals surface area contributed by atoms with Crippen LogP contribution in [0.15, 0.2) is 36.9 Å². The van der Waals surface area contributed by atoms with Gasteiger partial charge >= 0.3 is 0 Å². The van der Waals surface area contributed by atoms with Crippen molar-refractivity contribution in [3.05, 3.63) is 48.2 Å². The number of aromatic nitrogens is 4. The summed E-state index contributed by atoms with van der Waals surface area (Å²) in [6, 6.07) is 6.53. The van der Waals surface area contributed by atoms with Crippen molar-refractivity contribution in [2.75, 3.05) is 39.5 Å². The zero-order valence-electron chi connectivity index (χ0n) is 16.0. The molecule has 0 atom stereocenters. The van der Waals surface area contributed by atoms with Crippen LogP contribution in [0.3, 0.4) is 0 Å². The average molecular weight is 377 g/mol. The molecule has 7 heteroatoms. The maximum absolute atomic E-state index is 6.11. The smallest absolute Gasteiger partial charge is 0.224 e. The van der Waals surface area contributed by atoms with Crippen LogP contribution < -0.4 is 4.74 Å². The van der Waals surface area contributed by atoms with E-state index in [0.717, 1.165) is 61.7 Å². The molecule has 0 radical (unpaired) electrons. The summed E-state index contributed by atoms with van der Waals surface area (Å²) in [5.74, 6) is 0.681. The predicted octanol–water partition coefficient (Wildman–Crippen LogP) is 2.16. The molecule has 2 aromatic heterocycles. The molecule has 1 aromatic carbocycles. The molecule has 2 aliphatic rings. The van der Waals surface area contributed by atoms with Crippen LogP contribution in [-0.4, -0.2) is 64.1 Å². The van der Waals surface area contributed by atoms with Crippen molar-refractivity contribution < 1.29 is 9.47 Å². The van der Waals surface area contributed by atoms with Gasteiger partial charge in [0.15, 0.2) is 0 Å². The molecule has 3 heterocycles. The van der Waals surface area contributed by atoms with E-state index in [2.05, 4.69) is 38.2 Å². The van der Waals surface area contributed by atoms with Crippen LogP contribution >= 0.6 is 0 Å². The molecule has 0 N–H and O–H groups in total. The third-order valence-corrected chi connectivity index (χ3v) is 5.42. The van der Waals surface area contributed by atoms with Gasteiger partial charge in [-0.15, -0.1) is 0 Å². The highest BCUT2D eigenvalue weighted by Gasteiger charge is 2.25. The zero-order valence-corrected chi connectivity index (χ0v) is 16.0. The monoisotopic (exact) mass is 377 g/mol. The van der Waals surface area contributed by atoms with E-state index in [9.17, 15) is 0 Å². The zero-order chi connectivity index (χ0) is 18.9. The summed E-state index contributed by atoms with van der Waals surface area (Å²) < 4.78 is 13.3. The van der Waals surface area contributed by atoms with E-state index in [1.54, 1.807) is 6.33 Å². The molecule has 3 aromatic rings. The lowest BCUT2D eigenvalue weighted by Crippen LogP contribution is -2.38. The topological polar surface area (TPSA) is 65.3 Å². The van der Waals surface area contributed by atoms with Gasteiger partial charge in [0.05, 0.1) is 30.7 Å². The normalized spacial score (nSPS) is 16.0. The van der Waals surface area contributed by atoms with Gasteiger partial charge in [-0.1, -0.05) is 12.1 Å². The molecule has 1 aliphatic carbocycles. The Kier molecular flexibility index (Phi) is 4.54. The predicted molar refractivity (Wildman–Crippen MR) is 105 cm³/mol. The fraction of sp³-hybridized carbons (Fsp3) is 0.381. The third-order valence-electron chi connectivity index (χ3n) is 5.42. The summed E-state index contributed by atoms with van der Waals surface area (Å²) in [5, 5.41) is 4.29. The maximum atomic E-state index is 6.11. The van der Waals surface area contributed by atoms with Crippen molar-refractivity contribution >= 4 is 0 Å². The van der Waals surface area contributed by atoms with E-state index in [1.807, 2.05) is 24.1 Å². The Labute approximate surface area is 163 Å². The molecule has 0 unspecified atom stereocenters. The highest BCUT2D eigenvalue weighted by molar-refractivity contribution is 5.83. The van der Waals surface area contributed by atoms with Crippen LogP contribution in [0.4, 0.5) is 0 Å². The molecule has 5 rings (SSSR count). The van der Waals surface area contributed by atoms with Crippen molar-refractivity contribution in [1.29, 1.82) is 0 Å². The lowest BCUT2D eigenvalue weighted by atomic mass is 10.0. The second-order valence-corrected chi connectivity index (χ2v) is 7.25. The molecule has 1 aliphatic heterocycles. The first-order chi connectivity index (χ1) is 13.8. The summed E-state index contributed by atoms with van der Waals surface area (Å²) in [7, 11) is 1.93. The Balaban J connectivity index is 1.40. The Morgan fingerprint density at radius 2 is 2.04 bits per heavy atom. The minimum atomic E-state index is 0.612. The SMILES string of the molecule is Cn1cc(-c2ccc3c(c2)-c2c(ncnc2OCCN2CCOCC2)C3)cn1. The largest absolute Gasteiger partial charge is 0.476 e. The summed E-state index contributed by atoms with van der Waals surface area (Å²) >= 11 is 0. The number of fused-ring (bicyclic) bond motifs is 3. The molecule has 1 saturated heterocycles. The molecule has 0 saturated carbocycles. The molecule has 144 valence electrons. The van der Waals surface area contributed by atoms with Gasteiger partial charge in [-0.05, 0) is 22.8 Å². The summed E-state index contributed by atoms with van der Waals surface area (Å²) in [6.07, 6.45) is 6.34. The van der Waals surface area contributed by atoms with Crippen LogP contribution in [-0.2, 0) is 18.2 Å². The van der Waals surface area contributed by atoms with Gasteiger partial charge in [-0.25, -0.2) is 9.97 Å². The van der Waals surface area contributed by atoms with E-state index >= 15 is 0 Å². The molecular weight excluding hydrogens is 354 g/mol. The molecule has 0 bridgehead atoms. The van der Waals surface area contributed by atoms with Crippen LogP contribution in [0.2, 0.25) is 0 Å². The third kappa shape index (κ3) is 3.27. The van der Waals surface area contributed by atoms with Gasteiger partial charge < -0.3 is 9.47 Å². The average Bonchev–Trinajstić information content (AvgIpc) is 3.32. The fourth-order valence-electron chi connectivity index (χ4n) is 3.91. The Bertz CT molecular complexity index is 994. The van der Waals surface area contributed by atoms with Gasteiger partial charge in [-0.2, -0.15) is 5.10 Å². The molecule has 0 amide bonds. The highest BCUT2D eigenvalue weighted by atomic mass is 16.5. The van der Waals surface area contributed by atoms with Gasteiger partial charge in [0.2, 0.25) is 5.88 Å². The van der Waals surface area contributed by atoms with Gasteiger partial charge in [0.25, 0.3) is 0 Å². The second kappa shape index (κ2) is 7.33. The van der Waals surface area contributed by atoms with Crippen LogP contribution in [0.1, 0.15) is 11.3 Å². The number of hydrogen-bond acceptors (Lipinski definition) is 6. The van der Waals surface area contributed by atoms with Crippen molar-refractivity contribution in [2.45, 2.75) is 6.42 Å². The van der Waals surface area contributed by atoms with Crippen LogP contribution in [0.5, 0.6) is 5.88 Å². The number of benzene rings is 1. The van der Waals surface area contributed by atoms with Crippen molar-refractivity contribution in [3.63, 3.8) is 0 Å². The molecular formula is C21H23N5O2. The number of morpholine rings is 1. The highest BCUT2D eigenvalue weighted by Crippen LogP contribution is 2.42. The molecule has 7 nitrogen and oxygen atoms in total. The number of aryl methyl sites for hydroxylation is 1. The minimum Gasteiger partial charge on any atom is -0.476 e. The quantitative estimate of drug-likeness (QED) is 0.531. The van der Waals surface area contributed by atoms with Crippen molar-refractivity contribution in [2.24, 2.45) is 7.05 Å². The number of nitrogens with zero attached hydrogens (tertiary/aromatic N) is 5. The first-order valence-corrected chi connectivity index (χ1v) is 9.67. The molecule has 1 fully saturated rings. The van der Waals surface area contributed by atoms with E-state index in [4.69, 9.17) is 9.47 Å². The lowest BCUT2D eigenvalue weighted by Gasteiger charge is -2.26. The van der Waals surface area contributed by atoms with Crippen LogP contribution in [0.25, 0.3) is 22.3 Å². The second-order valence-electron chi connectivity index (χ2n) is 7.25. The molecule has 28 heavy (non-hydrogen) atoms. The summed E-state index contributed by atoms with van der Waals surface area (Å²) in [5.41, 5.74) is 6.74. The lowest BCUT2D eigenvalue weighted by molar-refractivity contribution is 0.0320. The van der Waals surface area contributed by atoms with E-state index < -0.39 is 0 Å². The summed E-state index contributed by atoms with van der Waals surface area (Å²) in [6.45, 7) is 5.01. The Hall–Kier alpha value is -2.77. The Morgan fingerprint density at radius 3 is 2.86 bits per heavy atom. The van der Waals surface area contributed by atoms with Gasteiger partial charge in [0.1, 0.15) is 12.9 Å².